The van der Waals surface area contributed by atoms with Crippen LogP contribution in [0.1, 0.15) is 38.5 Å². The largest absolute Gasteiger partial charge is 0.369 e. The van der Waals surface area contributed by atoms with E-state index in [1.165, 1.54) is 38.5 Å². The Bertz CT molecular complexity index is 502. The molecule has 6 nitrogen and oxygen atoms in total. The van der Waals surface area contributed by atoms with Gasteiger partial charge in [0.05, 0.1) is 12.4 Å². The molecule has 1 N–H and O–H groups in total. The van der Waals surface area contributed by atoms with Gasteiger partial charge < -0.3 is 5.32 Å². The third-order valence-electron chi connectivity index (χ3n) is 3.69. The van der Waals surface area contributed by atoms with Crippen molar-refractivity contribution in [1.82, 2.24) is 25.0 Å². The Morgan fingerprint density at radius 1 is 1.22 bits per heavy atom. The molecule has 0 spiro atoms. The molecule has 2 aromatic rings. The summed E-state index contributed by atoms with van der Waals surface area (Å²) in [6, 6.07) is 0. The van der Waals surface area contributed by atoms with Gasteiger partial charge in [-0.2, -0.15) is 4.52 Å². The molecule has 2 heterocycles. The Balaban J connectivity index is 1.57. The van der Waals surface area contributed by atoms with E-state index in [4.69, 9.17) is 0 Å². The molecule has 96 valence electrons. The second-order valence-corrected chi connectivity index (χ2v) is 4.96. The molecule has 0 aliphatic heterocycles. The number of hydrogen-bond acceptors (Lipinski definition) is 5. The second-order valence-electron chi connectivity index (χ2n) is 4.96. The van der Waals surface area contributed by atoms with Gasteiger partial charge in [-0.1, -0.05) is 32.1 Å². The lowest BCUT2D eigenvalue weighted by atomic mass is 9.87. The van der Waals surface area contributed by atoms with Gasteiger partial charge in [0, 0.05) is 6.54 Å². The first-order chi connectivity index (χ1) is 8.93. The van der Waals surface area contributed by atoms with Crippen LogP contribution in [0, 0.1) is 5.92 Å². The van der Waals surface area contributed by atoms with Crippen LogP contribution in [0.15, 0.2) is 12.4 Å². The van der Waals surface area contributed by atoms with E-state index in [0.29, 0.717) is 5.65 Å². The van der Waals surface area contributed by atoms with Crippen LogP contribution in [0.25, 0.3) is 5.65 Å². The minimum Gasteiger partial charge on any atom is -0.369 e. The lowest BCUT2D eigenvalue weighted by molar-refractivity contribution is 0.345. The monoisotopic (exact) mass is 246 g/mol. The van der Waals surface area contributed by atoms with Gasteiger partial charge >= 0.3 is 0 Å². The lowest BCUT2D eigenvalue weighted by Gasteiger charge is -2.21. The third kappa shape index (κ3) is 2.42. The van der Waals surface area contributed by atoms with E-state index in [1.54, 1.807) is 16.9 Å². The average molecular weight is 246 g/mol. The normalized spacial score (nSPS) is 17.1. The van der Waals surface area contributed by atoms with Crippen molar-refractivity contribution >= 4 is 11.5 Å². The zero-order chi connectivity index (χ0) is 12.2. The van der Waals surface area contributed by atoms with E-state index >= 15 is 0 Å². The summed E-state index contributed by atoms with van der Waals surface area (Å²) >= 11 is 0. The minimum atomic E-state index is 0.678. The molecule has 6 heteroatoms. The van der Waals surface area contributed by atoms with Gasteiger partial charge in [-0.3, -0.25) is 4.98 Å². The van der Waals surface area contributed by atoms with Gasteiger partial charge in [-0.15, -0.1) is 5.10 Å². The highest BCUT2D eigenvalue weighted by molar-refractivity contribution is 5.43. The highest BCUT2D eigenvalue weighted by Crippen LogP contribution is 2.26. The van der Waals surface area contributed by atoms with Crippen LogP contribution in [0.2, 0.25) is 0 Å². The molecule has 0 saturated heterocycles. The Kier molecular flexibility index (Phi) is 3.34. The van der Waals surface area contributed by atoms with Crippen molar-refractivity contribution in [3.63, 3.8) is 0 Å². The van der Waals surface area contributed by atoms with Crippen molar-refractivity contribution in [2.75, 3.05) is 11.9 Å². The molecule has 0 amide bonds. The maximum Gasteiger partial charge on any atom is 0.199 e. The van der Waals surface area contributed by atoms with Crippen LogP contribution in [-0.2, 0) is 0 Å². The highest BCUT2D eigenvalue weighted by atomic mass is 15.5. The topological polar surface area (TPSA) is 68.0 Å². The molecular weight excluding hydrogens is 228 g/mol. The molecule has 3 rings (SSSR count). The van der Waals surface area contributed by atoms with Crippen molar-refractivity contribution in [1.29, 1.82) is 0 Å². The summed E-state index contributed by atoms with van der Waals surface area (Å²) in [5.41, 5.74) is 0.678. The van der Waals surface area contributed by atoms with Crippen LogP contribution >= 0.6 is 0 Å². The standard InChI is InChI=1S/C12H18N6/c1-2-4-10(5-3-1)6-7-14-11-8-13-9-12-15-16-17-18(11)12/h8-10,14H,1-7H2. The number of anilines is 1. The second kappa shape index (κ2) is 5.29. The van der Waals surface area contributed by atoms with E-state index in [2.05, 4.69) is 25.8 Å². The van der Waals surface area contributed by atoms with Gasteiger partial charge in [-0.25, -0.2) is 0 Å². The predicted octanol–water partition coefficient (Wildman–Crippen LogP) is 1.90. The summed E-state index contributed by atoms with van der Waals surface area (Å²) in [6.45, 7) is 0.964. The molecule has 0 atom stereocenters. The van der Waals surface area contributed by atoms with Crippen molar-refractivity contribution in [3.05, 3.63) is 12.4 Å². The Morgan fingerprint density at radius 3 is 3.00 bits per heavy atom. The number of fused-ring (bicyclic) bond motifs is 1. The molecule has 0 unspecified atom stereocenters. The van der Waals surface area contributed by atoms with Crippen LogP contribution in [0.4, 0.5) is 5.82 Å². The van der Waals surface area contributed by atoms with E-state index in [-0.39, 0.29) is 0 Å². The van der Waals surface area contributed by atoms with Crippen molar-refractivity contribution in [2.45, 2.75) is 38.5 Å². The molecule has 2 aromatic heterocycles. The van der Waals surface area contributed by atoms with Crippen molar-refractivity contribution < 1.29 is 0 Å². The fraction of sp³-hybridized carbons (Fsp3) is 0.667. The highest BCUT2D eigenvalue weighted by Gasteiger charge is 2.13. The first-order valence-electron chi connectivity index (χ1n) is 6.69. The maximum atomic E-state index is 4.12. The molecule has 1 fully saturated rings. The quantitative estimate of drug-likeness (QED) is 0.892. The summed E-state index contributed by atoms with van der Waals surface area (Å²) in [6.07, 6.45) is 11.6. The van der Waals surface area contributed by atoms with Gasteiger partial charge in [-0.05, 0) is 22.8 Å². The first-order valence-corrected chi connectivity index (χ1v) is 6.69. The van der Waals surface area contributed by atoms with Crippen LogP contribution < -0.4 is 5.32 Å². The Morgan fingerprint density at radius 2 is 2.11 bits per heavy atom. The summed E-state index contributed by atoms with van der Waals surface area (Å²) in [5.74, 6) is 1.75. The van der Waals surface area contributed by atoms with E-state index in [9.17, 15) is 0 Å². The molecule has 1 saturated carbocycles. The third-order valence-corrected chi connectivity index (χ3v) is 3.69. The van der Waals surface area contributed by atoms with Crippen LogP contribution in [0.3, 0.4) is 0 Å². The number of hydrogen-bond donors (Lipinski definition) is 1. The number of nitrogens with zero attached hydrogens (tertiary/aromatic N) is 5. The van der Waals surface area contributed by atoms with Crippen LogP contribution in [0.5, 0.6) is 0 Å². The average Bonchev–Trinajstić information content (AvgIpc) is 2.89. The minimum absolute atomic E-state index is 0.678. The van der Waals surface area contributed by atoms with Gasteiger partial charge in [0.2, 0.25) is 0 Å². The van der Waals surface area contributed by atoms with Gasteiger partial charge in [0.1, 0.15) is 5.82 Å². The van der Waals surface area contributed by atoms with E-state index < -0.39 is 0 Å². The number of tetrazole rings is 1. The van der Waals surface area contributed by atoms with Crippen LogP contribution in [-0.4, -0.2) is 31.6 Å². The summed E-state index contributed by atoms with van der Waals surface area (Å²) in [7, 11) is 0. The van der Waals surface area contributed by atoms with Crippen molar-refractivity contribution in [2.24, 2.45) is 5.92 Å². The zero-order valence-corrected chi connectivity index (χ0v) is 10.4. The molecule has 0 aromatic carbocycles. The summed E-state index contributed by atoms with van der Waals surface area (Å²) in [4.78, 5) is 4.12. The molecular formula is C12H18N6. The van der Waals surface area contributed by atoms with Crippen molar-refractivity contribution in [3.8, 4) is 0 Å². The molecule has 1 aliphatic carbocycles. The fourth-order valence-corrected chi connectivity index (χ4v) is 2.68. The number of rotatable bonds is 4. The SMILES string of the molecule is c1ncc2nnnn2c1NCCC1CCCCC1. The fourth-order valence-electron chi connectivity index (χ4n) is 2.68. The summed E-state index contributed by atoms with van der Waals surface area (Å²) in [5, 5.41) is 14.8. The molecule has 0 radical (unpaired) electrons. The lowest BCUT2D eigenvalue weighted by Crippen LogP contribution is -2.13. The Labute approximate surface area is 106 Å². The van der Waals surface area contributed by atoms with E-state index in [0.717, 1.165) is 18.3 Å². The molecule has 18 heavy (non-hydrogen) atoms. The van der Waals surface area contributed by atoms with E-state index in [1.807, 2.05) is 0 Å². The first kappa shape index (κ1) is 11.4. The molecule has 0 bridgehead atoms. The predicted molar refractivity (Wildman–Crippen MR) is 68.3 cm³/mol. The summed E-state index contributed by atoms with van der Waals surface area (Å²) < 4.78 is 1.69. The Hall–Kier alpha value is -1.72. The van der Waals surface area contributed by atoms with Gasteiger partial charge in [0.15, 0.2) is 5.65 Å². The smallest absolute Gasteiger partial charge is 0.199 e. The number of nitrogens with one attached hydrogen (secondary N) is 1. The maximum absolute atomic E-state index is 4.12. The zero-order valence-electron chi connectivity index (χ0n) is 10.4. The van der Waals surface area contributed by atoms with Gasteiger partial charge in [0.25, 0.3) is 0 Å². The molecule has 1 aliphatic rings. The number of aromatic nitrogens is 5.